The molecule has 2 rings (SSSR count). The highest BCUT2D eigenvalue weighted by Crippen LogP contribution is 2.13. The topological polar surface area (TPSA) is 41.0 Å². The lowest BCUT2D eigenvalue weighted by Crippen LogP contribution is -2.41. The first kappa shape index (κ1) is 13.3. The van der Waals surface area contributed by atoms with Crippen LogP contribution < -0.4 is 5.32 Å². The summed E-state index contributed by atoms with van der Waals surface area (Å²) in [6, 6.07) is 2.58. The molecule has 4 heteroatoms. The minimum atomic E-state index is 0.570. The molecule has 0 radical (unpaired) electrons. The molecule has 1 aromatic rings. The Bertz CT molecular complexity index is 365. The van der Waals surface area contributed by atoms with Gasteiger partial charge < -0.3 is 5.32 Å². The number of aromatic nitrogens is 2. The Morgan fingerprint density at radius 2 is 1.94 bits per heavy atom. The number of rotatable bonds is 4. The lowest BCUT2D eigenvalue weighted by atomic mass is 10.1. The highest BCUT2D eigenvalue weighted by molar-refractivity contribution is 5.35. The van der Waals surface area contributed by atoms with Crippen LogP contribution in [-0.4, -0.2) is 40.5 Å². The Balaban J connectivity index is 1.86. The smallest absolute Gasteiger partial charge is 0.129 e. The van der Waals surface area contributed by atoms with E-state index < -0.39 is 0 Å². The first-order valence-corrected chi connectivity index (χ1v) is 6.95. The van der Waals surface area contributed by atoms with E-state index in [-0.39, 0.29) is 0 Å². The van der Waals surface area contributed by atoms with Crippen molar-refractivity contribution in [1.29, 1.82) is 0 Å². The fourth-order valence-corrected chi connectivity index (χ4v) is 2.55. The third-order valence-electron chi connectivity index (χ3n) is 3.56. The van der Waals surface area contributed by atoms with Crippen LogP contribution in [0.4, 0.5) is 5.82 Å². The van der Waals surface area contributed by atoms with Gasteiger partial charge in [0, 0.05) is 24.3 Å². The monoisotopic (exact) mass is 248 g/mol. The van der Waals surface area contributed by atoms with Gasteiger partial charge in [-0.2, -0.15) is 0 Å². The van der Waals surface area contributed by atoms with Crippen molar-refractivity contribution in [1.82, 2.24) is 14.9 Å². The highest BCUT2D eigenvalue weighted by Gasteiger charge is 2.16. The van der Waals surface area contributed by atoms with E-state index in [0.717, 1.165) is 23.9 Å². The summed E-state index contributed by atoms with van der Waals surface area (Å²) in [5, 5.41) is 3.43. The number of nitrogens with zero attached hydrogens (tertiary/aromatic N) is 3. The molecule has 0 bridgehead atoms. The van der Waals surface area contributed by atoms with Crippen LogP contribution in [-0.2, 0) is 0 Å². The fourth-order valence-electron chi connectivity index (χ4n) is 2.55. The average molecular weight is 248 g/mol. The quantitative estimate of drug-likeness (QED) is 0.888. The molecule has 1 aliphatic heterocycles. The Morgan fingerprint density at radius 3 is 2.61 bits per heavy atom. The number of hydrogen-bond donors (Lipinski definition) is 1. The zero-order chi connectivity index (χ0) is 13.0. The largest absolute Gasteiger partial charge is 0.368 e. The van der Waals surface area contributed by atoms with E-state index in [1.807, 2.05) is 19.9 Å². The van der Waals surface area contributed by atoms with Crippen molar-refractivity contribution in [2.45, 2.75) is 46.1 Å². The SMILES string of the molecule is Cc1cc(NCC(C)N2CCCCC2)nc(C)n1. The van der Waals surface area contributed by atoms with E-state index in [2.05, 4.69) is 27.1 Å². The van der Waals surface area contributed by atoms with Gasteiger partial charge in [-0.15, -0.1) is 0 Å². The van der Waals surface area contributed by atoms with Gasteiger partial charge in [-0.1, -0.05) is 6.42 Å². The summed E-state index contributed by atoms with van der Waals surface area (Å²) in [4.78, 5) is 11.3. The summed E-state index contributed by atoms with van der Waals surface area (Å²) in [5.74, 6) is 1.78. The van der Waals surface area contributed by atoms with Crippen LogP contribution >= 0.6 is 0 Å². The minimum Gasteiger partial charge on any atom is -0.368 e. The summed E-state index contributed by atoms with van der Waals surface area (Å²) in [7, 11) is 0. The second kappa shape index (κ2) is 6.14. The van der Waals surface area contributed by atoms with Gasteiger partial charge in [-0.05, 0) is 46.7 Å². The van der Waals surface area contributed by atoms with Crippen LogP contribution in [0.25, 0.3) is 0 Å². The molecule has 0 aromatic carbocycles. The summed E-state index contributed by atoms with van der Waals surface area (Å²) >= 11 is 0. The number of piperidine rings is 1. The van der Waals surface area contributed by atoms with E-state index >= 15 is 0 Å². The van der Waals surface area contributed by atoms with Crippen LogP contribution in [0.5, 0.6) is 0 Å². The van der Waals surface area contributed by atoms with Gasteiger partial charge in [0.15, 0.2) is 0 Å². The predicted molar refractivity (Wildman–Crippen MR) is 74.9 cm³/mol. The number of nitrogens with one attached hydrogen (secondary N) is 1. The Hall–Kier alpha value is -1.16. The van der Waals surface area contributed by atoms with Crippen molar-refractivity contribution in [3.63, 3.8) is 0 Å². The van der Waals surface area contributed by atoms with Crippen LogP contribution in [0, 0.1) is 13.8 Å². The number of hydrogen-bond acceptors (Lipinski definition) is 4. The number of anilines is 1. The second-order valence-corrected chi connectivity index (χ2v) is 5.27. The third-order valence-corrected chi connectivity index (χ3v) is 3.56. The molecule has 2 heterocycles. The van der Waals surface area contributed by atoms with E-state index in [0.29, 0.717) is 6.04 Å². The first-order chi connectivity index (χ1) is 8.65. The summed E-state index contributed by atoms with van der Waals surface area (Å²) in [6.45, 7) is 9.67. The van der Waals surface area contributed by atoms with Gasteiger partial charge in [0.25, 0.3) is 0 Å². The van der Waals surface area contributed by atoms with Gasteiger partial charge in [-0.25, -0.2) is 9.97 Å². The zero-order valence-electron chi connectivity index (χ0n) is 11.7. The Kier molecular flexibility index (Phi) is 4.53. The van der Waals surface area contributed by atoms with Crippen LogP contribution in [0.1, 0.15) is 37.7 Å². The number of likely N-dealkylation sites (tertiary alicyclic amines) is 1. The molecule has 1 saturated heterocycles. The lowest BCUT2D eigenvalue weighted by Gasteiger charge is -2.32. The molecule has 1 aliphatic rings. The van der Waals surface area contributed by atoms with Crippen molar-refractivity contribution >= 4 is 5.82 Å². The molecule has 4 nitrogen and oxygen atoms in total. The van der Waals surface area contributed by atoms with Gasteiger partial charge >= 0.3 is 0 Å². The molecule has 1 unspecified atom stereocenters. The molecule has 1 N–H and O–H groups in total. The standard InChI is InChI=1S/C14H24N4/c1-11-9-14(17-13(3)16-11)15-10-12(2)18-7-5-4-6-8-18/h9,12H,4-8,10H2,1-3H3,(H,15,16,17). The average Bonchev–Trinajstić information content (AvgIpc) is 2.36. The number of aryl methyl sites for hydroxylation is 2. The van der Waals surface area contributed by atoms with Crippen molar-refractivity contribution in [2.75, 3.05) is 25.0 Å². The molecule has 1 fully saturated rings. The van der Waals surface area contributed by atoms with Gasteiger partial charge in [0.1, 0.15) is 11.6 Å². The molecule has 18 heavy (non-hydrogen) atoms. The molecule has 1 atom stereocenters. The van der Waals surface area contributed by atoms with Crippen LogP contribution in [0.2, 0.25) is 0 Å². The van der Waals surface area contributed by atoms with Gasteiger partial charge in [0.2, 0.25) is 0 Å². The van der Waals surface area contributed by atoms with Crippen molar-refractivity contribution in [3.8, 4) is 0 Å². The normalized spacial score (nSPS) is 18.6. The maximum Gasteiger partial charge on any atom is 0.129 e. The molecular formula is C14H24N4. The summed E-state index contributed by atoms with van der Waals surface area (Å²) in [6.07, 6.45) is 4.08. The third kappa shape index (κ3) is 3.67. The van der Waals surface area contributed by atoms with E-state index in [1.54, 1.807) is 0 Å². The highest BCUT2D eigenvalue weighted by atomic mass is 15.2. The van der Waals surface area contributed by atoms with Gasteiger partial charge in [-0.3, -0.25) is 4.90 Å². The van der Waals surface area contributed by atoms with Crippen LogP contribution in [0.15, 0.2) is 6.07 Å². The van der Waals surface area contributed by atoms with E-state index in [4.69, 9.17) is 0 Å². The van der Waals surface area contributed by atoms with Crippen molar-refractivity contribution in [2.24, 2.45) is 0 Å². The molecule has 0 saturated carbocycles. The summed E-state index contributed by atoms with van der Waals surface area (Å²) in [5.41, 5.74) is 1.02. The molecule has 0 amide bonds. The first-order valence-electron chi connectivity index (χ1n) is 6.95. The lowest BCUT2D eigenvalue weighted by molar-refractivity contribution is 0.180. The fraction of sp³-hybridized carbons (Fsp3) is 0.714. The Morgan fingerprint density at radius 1 is 1.22 bits per heavy atom. The molecule has 0 aliphatic carbocycles. The maximum atomic E-state index is 4.41. The maximum absolute atomic E-state index is 4.41. The summed E-state index contributed by atoms with van der Waals surface area (Å²) < 4.78 is 0. The van der Waals surface area contributed by atoms with Crippen molar-refractivity contribution in [3.05, 3.63) is 17.6 Å². The zero-order valence-corrected chi connectivity index (χ0v) is 11.7. The molecular weight excluding hydrogens is 224 g/mol. The van der Waals surface area contributed by atoms with Crippen molar-refractivity contribution < 1.29 is 0 Å². The molecule has 0 spiro atoms. The molecule has 1 aromatic heterocycles. The van der Waals surface area contributed by atoms with E-state index in [1.165, 1.54) is 32.4 Å². The van der Waals surface area contributed by atoms with E-state index in [9.17, 15) is 0 Å². The minimum absolute atomic E-state index is 0.570. The Labute approximate surface area is 110 Å². The predicted octanol–water partition coefficient (Wildman–Crippen LogP) is 2.38. The van der Waals surface area contributed by atoms with Crippen LogP contribution in [0.3, 0.4) is 0 Å². The van der Waals surface area contributed by atoms with Gasteiger partial charge in [0.05, 0.1) is 0 Å². The molecule has 100 valence electrons. The second-order valence-electron chi connectivity index (χ2n) is 5.27.